The van der Waals surface area contributed by atoms with Crippen LogP contribution < -0.4 is 5.32 Å². The maximum absolute atomic E-state index is 11.5. The number of aliphatic hydroxyl groups is 1. The first-order chi connectivity index (χ1) is 7.13. The summed E-state index contributed by atoms with van der Waals surface area (Å²) < 4.78 is 4.75. The molecule has 0 aliphatic heterocycles. The third kappa shape index (κ3) is 3.99. The van der Waals surface area contributed by atoms with Gasteiger partial charge >= 0.3 is 0 Å². The maximum Gasteiger partial charge on any atom is 0.261 e. The van der Waals surface area contributed by atoms with Crippen molar-refractivity contribution in [2.24, 2.45) is 0 Å². The van der Waals surface area contributed by atoms with Crippen molar-refractivity contribution in [3.8, 4) is 0 Å². The first-order valence-electron chi connectivity index (χ1n) is 4.65. The van der Waals surface area contributed by atoms with E-state index in [1.807, 2.05) is 13.0 Å². The first kappa shape index (κ1) is 12.2. The summed E-state index contributed by atoms with van der Waals surface area (Å²) in [5.41, 5.74) is 0. The Balaban J connectivity index is 2.36. The number of carbonyl (C=O) groups excluding carboxylic acids is 1. The van der Waals surface area contributed by atoms with Gasteiger partial charge in [0.05, 0.1) is 17.6 Å². The van der Waals surface area contributed by atoms with Crippen molar-refractivity contribution in [1.29, 1.82) is 0 Å². The summed E-state index contributed by atoms with van der Waals surface area (Å²) in [6.07, 6.45) is -0.653. The SMILES string of the molecule is COCC(O)CNC(=O)c1ccc(C)s1. The number of nitrogens with one attached hydrogen (secondary N) is 1. The number of aryl methyl sites for hydroxylation is 1. The van der Waals surface area contributed by atoms with Gasteiger partial charge in [0, 0.05) is 18.5 Å². The van der Waals surface area contributed by atoms with Crippen molar-refractivity contribution in [2.75, 3.05) is 20.3 Å². The lowest BCUT2D eigenvalue weighted by molar-refractivity contribution is 0.0611. The summed E-state index contributed by atoms with van der Waals surface area (Å²) in [5.74, 6) is -0.150. The molecule has 0 saturated heterocycles. The zero-order valence-corrected chi connectivity index (χ0v) is 9.63. The molecule has 1 atom stereocenters. The number of hydrogen-bond acceptors (Lipinski definition) is 4. The lowest BCUT2D eigenvalue weighted by Crippen LogP contribution is -2.33. The van der Waals surface area contributed by atoms with Gasteiger partial charge in [-0.05, 0) is 19.1 Å². The fourth-order valence-electron chi connectivity index (χ4n) is 1.11. The molecule has 1 aromatic rings. The molecule has 0 aromatic carbocycles. The Morgan fingerprint density at radius 3 is 2.93 bits per heavy atom. The number of thiophene rings is 1. The molecule has 0 saturated carbocycles. The Hall–Kier alpha value is -0.910. The van der Waals surface area contributed by atoms with Crippen molar-refractivity contribution < 1.29 is 14.6 Å². The number of carbonyl (C=O) groups is 1. The second kappa shape index (κ2) is 5.85. The highest BCUT2D eigenvalue weighted by Crippen LogP contribution is 2.14. The van der Waals surface area contributed by atoms with Crippen LogP contribution in [0.2, 0.25) is 0 Å². The zero-order chi connectivity index (χ0) is 11.3. The van der Waals surface area contributed by atoms with Crippen LogP contribution in [0.4, 0.5) is 0 Å². The smallest absolute Gasteiger partial charge is 0.261 e. The predicted octanol–water partition coefficient (Wildman–Crippen LogP) is 0.794. The second-order valence-corrected chi connectivity index (χ2v) is 4.52. The number of amides is 1. The molecule has 5 heteroatoms. The Labute approximate surface area is 92.9 Å². The monoisotopic (exact) mass is 229 g/mol. The van der Waals surface area contributed by atoms with E-state index in [1.165, 1.54) is 18.4 Å². The summed E-state index contributed by atoms with van der Waals surface area (Å²) in [7, 11) is 1.51. The number of methoxy groups -OCH3 is 1. The quantitative estimate of drug-likeness (QED) is 0.785. The van der Waals surface area contributed by atoms with E-state index >= 15 is 0 Å². The fraction of sp³-hybridized carbons (Fsp3) is 0.500. The standard InChI is InChI=1S/C10H15NO3S/c1-7-3-4-9(15-7)10(13)11-5-8(12)6-14-2/h3-4,8,12H,5-6H2,1-2H3,(H,11,13). The summed E-state index contributed by atoms with van der Waals surface area (Å²) >= 11 is 1.44. The van der Waals surface area contributed by atoms with E-state index in [1.54, 1.807) is 6.07 Å². The Morgan fingerprint density at radius 2 is 2.40 bits per heavy atom. The van der Waals surface area contributed by atoms with Crippen LogP contribution in [0.1, 0.15) is 14.5 Å². The highest BCUT2D eigenvalue weighted by molar-refractivity contribution is 7.13. The van der Waals surface area contributed by atoms with Crippen LogP contribution in [0.15, 0.2) is 12.1 Å². The molecule has 2 N–H and O–H groups in total. The summed E-state index contributed by atoms with van der Waals surface area (Å²) in [4.78, 5) is 13.3. The van der Waals surface area contributed by atoms with E-state index in [9.17, 15) is 9.90 Å². The van der Waals surface area contributed by atoms with Crippen LogP contribution >= 0.6 is 11.3 Å². The van der Waals surface area contributed by atoms with Gasteiger partial charge in [-0.15, -0.1) is 11.3 Å². The number of aliphatic hydroxyl groups excluding tert-OH is 1. The predicted molar refractivity (Wildman–Crippen MR) is 59.3 cm³/mol. The minimum absolute atomic E-state index is 0.150. The van der Waals surface area contributed by atoms with Gasteiger partial charge in [-0.3, -0.25) is 4.79 Å². The van der Waals surface area contributed by atoms with Gasteiger partial charge < -0.3 is 15.2 Å². The van der Waals surface area contributed by atoms with Gasteiger partial charge in [-0.25, -0.2) is 0 Å². The van der Waals surface area contributed by atoms with Gasteiger partial charge in [0.15, 0.2) is 0 Å². The van der Waals surface area contributed by atoms with Crippen LogP contribution in [-0.2, 0) is 4.74 Å². The fourth-order valence-corrected chi connectivity index (χ4v) is 1.89. The van der Waals surface area contributed by atoms with Crippen molar-refractivity contribution in [1.82, 2.24) is 5.32 Å². The average Bonchev–Trinajstić information content (AvgIpc) is 2.62. The molecular formula is C10H15NO3S. The first-order valence-corrected chi connectivity index (χ1v) is 5.46. The zero-order valence-electron chi connectivity index (χ0n) is 8.82. The molecule has 0 fully saturated rings. The Bertz CT molecular complexity index is 324. The number of rotatable bonds is 5. The molecule has 0 spiro atoms. The van der Waals surface area contributed by atoms with Crippen LogP contribution in [0.25, 0.3) is 0 Å². The molecule has 1 heterocycles. The molecule has 84 valence electrons. The molecule has 1 unspecified atom stereocenters. The molecule has 0 aliphatic rings. The van der Waals surface area contributed by atoms with Crippen LogP contribution in [0, 0.1) is 6.92 Å². The van der Waals surface area contributed by atoms with Crippen molar-refractivity contribution in [3.63, 3.8) is 0 Å². The molecule has 1 aromatic heterocycles. The summed E-state index contributed by atoms with van der Waals surface area (Å²) in [6.45, 7) is 2.38. The van der Waals surface area contributed by atoms with Crippen LogP contribution in [0.3, 0.4) is 0 Å². The average molecular weight is 229 g/mol. The highest BCUT2D eigenvalue weighted by Gasteiger charge is 2.09. The molecular weight excluding hydrogens is 214 g/mol. The van der Waals surface area contributed by atoms with Crippen molar-refractivity contribution in [2.45, 2.75) is 13.0 Å². The Morgan fingerprint density at radius 1 is 1.67 bits per heavy atom. The maximum atomic E-state index is 11.5. The van der Waals surface area contributed by atoms with Crippen LogP contribution in [0.5, 0.6) is 0 Å². The highest BCUT2D eigenvalue weighted by atomic mass is 32.1. The molecule has 0 radical (unpaired) electrons. The van der Waals surface area contributed by atoms with Gasteiger partial charge in [-0.2, -0.15) is 0 Å². The van der Waals surface area contributed by atoms with E-state index in [2.05, 4.69) is 5.32 Å². The van der Waals surface area contributed by atoms with Crippen LogP contribution in [-0.4, -0.2) is 37.4 Å². The van der Waals surface area contributed by atoms with Gasteiger partial charge in [0.1, 0.15) is 0 Å². The molecule has 1 amide bonds. The summed E-state index contributed by atoms with van der Waals surface area (Å²) in [5, 5.41) is 12.0. The number of hydrogen-bond donors (Lipinski definition) is 2. The Kier molecular flexibility index (Phi) is 4.74. The lowest BCUT2D eigenvalue weighted by atomic mass is 10.3. The van der Waals surface area contributed by atoms with E-state index in [-0.39, 0.29) is 19.1 Å². The molecule has 4 nitrogen and oxygen atoms in total. The minimum atomic E-state index is -0.653. The molecule has 1 rings (SSSR count). The number of ether oxygens (including phenoxy) is 1. The lowest BCUT2D eigenvalue weighted by Gasteiger charge is -2.09. The normalized spacial score (nSPS) is 12.5. The van der Waals surface area contributed by atoms with Gasteiger partial charge in [0.2, 0.25) is 0 Å². The minimum Gasteiger partial charge on any atom is -0.389 e. The molecule has 0 bridgehead atoms. The van der Waals surface area contributed by atoms with Crippen molar-refractivity contribution >= 4 is 17.2 Å². The van der Waals surface area contributed by atoms with Gasteiger partial charge in [-0.1, -0.05) is 0 Å². The molecule has 0 aliphatic carbocycles. The van der Waals surface area contributed by atoms with E-state index in [0.717, 1.165) is 4.88 Å². The topological polar surface area (TPSA) is 58.6 Å². The third-order valence-electron chi connectivity index (χ3n) is 1.82. The summed E-state index contributed by atoms with van der Waals surface area (Å²) in [6, 6.07) is 3.67. The third-order valence-corrected chi connectivity index (χ3v) is 2.82. The molecule has 15 heavy (non-hydrogen) atoms. The van der Waals surface area contributed by atoms with E-state index in [4.69, 9.17) is 4.74 Å². The van der Waals surface area contributed by atoms with Gasteiger partial charge in [0.25, 0.3) is 5.91 Å². The van der Waals surface area contributed by atoms with E-state index in [0.29, 0.717) is 4.88 Å². The van der Waals surface area contributed by atoms with E-state index < -0.39 is 6.10 Å². The van der Waals surface area contributed by atoms with Crippen molar-refractivity contribution in [3.05, 3.63) is 21.9 Å². The largest absolute Gasteiger partial charge is 0.389 e. The second-order valence-electron chi connectivity index (χ2n) is 3.23.